The molecule has 118 valence electrons. The molecule has 0 bridgehead atoms. The minimum Gasteiger partial charge on any atom is -0.476 e. The summed E-state index contributed by atoms with van der Waals surface area (Å²) in [4.78, 5) is 30.4. The molecule has 2 aliphatic heterocycles. The van der Waals surface area contributed by atoms with Crippen LogP contribution in [0.15, 0.2) is 18.3 Å². The number of rotatable bonds is 0. The number of ketones is 1. The van der Waals surface area contributed by atoms with E-state index in [0.717, 1.165) is 0 Å². The fourth-order valence-corrected chi connectivity index (χ4v) is 2.82. The van der Waals surface area contributed by atoms with Gasteiger partial charge in [-0.2, -0.15) is 0 Å². The molecule has 3 heterocycles. The number of ether oxygens (including phenoxy) is 2. The molecular formula is C16H20N2O4. The molecule has 6 heteroatoms. The van der Waals surface area contributed by atoms with Crippen molar-refractivity contribution in [1.29, 1.82) is 0 Å². The predicted octanol–water partition coefficient (Wildman–Crippen LogP) is 2.43. The number of carbonyl (C=O) groups is 2. The highest BCUT2D eigenvalue weighted by Crippen LogP contribution is 2.39. The minimum atomic E-state index is -0.866. The summed E-state index contributed by atoms with van der Waals surface area (Å²) in [6, 6.07) is 3.51. The molecule has 2 aliphatic rings. The lowest BCUT2D eigenvalue weighted by Gasteiger charge is -2.37. The second kappa shape index (κ2) is 4.97. The van der Waals surface area contributed by atoms with E-state index in [1.54, 1.807) is 23.2 Å². The van der Waals surface area contributed by atoms with Crippen LogP contribution in [0.4, 0.5) is 4.79 Å². The Morgan fingerprint density at radius 1 is 1.36 bits per heavy atom. The zero-order valence-corrected chi connectivity index (χ0v) is 13.1. The summed E-state index contributed by atoms with van der Waals surface area (Å²) in [6.45, 7) is 6.38. The van der Waals surface area contributed by atoms with Gasteiger partial charge in [0.1, 0.15) is 11.4 Å². The van der Waals surface area contributed by atoms with Gasteiger partial charge in [0.05, 0.1) is 0 Å². The fourth-order valence-electron chi connectivity index (χ4n) is 2.82. The van der Waals surface area contributed by atoms with Gasteiger partial charge < -0.3 is 14.4 Å². The van der Waals surface area contributed by atoms with Crippen molar-refractivity contribution in [3.8, 4) is 5.75 Å². The van der Waals surface area contributed by atoms with Gasteiger partial charge in [-0.05, 0) is 32.9 Å². The molecule has 1 aromatic heterocycles. The van der Waals surface area contributed by atoms with Crippen LogP contribution in [0.5, 0.6) is 5.75 Å². The van der Waals surface area contributed by atoms with Crippen LogP contribution in [-0.4, -0.2) is 46.1 Å². The van der Waals surface area contributed by atoms with Gasteiger partial charge in [0, 0.05) is 32.1 Å². The monoisotopic (exact) mass is 304 g/mol. The number of hydrogen-bond acceptors (Lipinski definition) is 5. The van der Waals surface area contributed by atoms with E-state index >= 15 is 0 Å². The Bertz CT molecular complexity index is 613. The summed E-state index contributed by atoms with van der Waals surface area (Å²) >= 11 is 0. The topological polar surface area (TPSA) is 68.7 Å². The largest absolute Gasteiger partial charge is 0.476 e. The molecule has 1 spiro atoms. The van der Waals surface area contributed by atoms with Crippen LogP contribution in [0, 0.1) is 0 Å². The number of likely N-dealkylation sites (tertiary alicyclic amines) is 1. The number of carbonyl (C=O) groups excluding carboxylic acids is 2. The van der Waals surface area contributed by atoms with Gasteiger partial charge in [0.25, 0.3) is 0 Å². The summed E-state index contributed by atoms with van der Waals surface area (Å²) < 4.78 is 11.3. The lowest BCUT2D eigenvalue weighted by atomic mass is 9.87. The van der Waals surface area contributed by atoms with Crippen molar-refractivity contribution in [3.63, 3.8) is 0 Å². The van der Waals surface area contributed by atoms with Crippen LogP contribution in [-0.2, 0) is 4.74 Å². The maximum absolute atomic E-state index is 12.6. The third-order valence-corrected chi connectivity index (χ3v) is 3.93. The number of Topliss-reactive ketones (excluding diaryl/α,β-unsaturated/α-hetero) is 1. The molecule has 1 saturated heterocycles. The molecule has 1 fully saturated rings. The highest BCUT2D eigenvalue weighted by molar-refractivity contribution is 6.06. The van der Waals surface area contributed by atoms with E-state index in [9.17, 15) is 9.59 Å². The number of fused-ring (bicyclic) bond motifs is 1. The van der Waals surface area contributed by atoms with E-state index < -0.39 is 11.2 Å². The Kier molecular flexibility index (Phi) is 3.34. The molecule has 0 atom stereocenters. The van der Waals surface area contributed by atoms with Gasteiger partial charge in [-0.1, -0.05) is 0 Å². The van der Waals surface area contributed by atoms with Crippen LogP contribution in [0.25, 0.3) is 0 Å². The second-order valence-electron chi connectivity index (χ2n) is 6.74. The third kappa shape index (κ3) is 2.53. The molecule has 6 nitrogen and oxygen atoms in total. The van der Waals surface area contributed by atoms with Crippen molar-refractivity contribution >= 4 is 11.9 Å². The van der Waals surface area contributed by atoms with E-state index in [1.807, 2.05) is 20.8 Å². The maximum atomic E-state index is 12.6. The lowest BCUT2D eigenvalue weighted by Crippen LogP contribution is -2.52. The van der Waals surface area contributed by atoms with E-state index in [1.165, 1.54) is 0 Å². The van der Waals surface area contributed by atoms with Gasteiger partial charge in [0.2, 0.25) is 5.78 Å². The standard InChI is InChI=1S/C16H20N2O4/c1-15(2,3)22-14(20)18-9-6-16(7-10-18)13(19)12-11(21-16)5-4-8-17-12/h4-5,8H,6-7,9-10H2,1-3H3. The summed E-state index contributed by atoms with van der Waals surface area (Å²) in [5, 5.41) is 0. The lowest BCUT2D eigenvalue weighted by molar-refractivity contribution is -0.00475. The molecule has 0 saturated carbocycles. The Labute approximate surface area is 129 Å². The first-order chi connectivity index (χ1) is 10.3. The summed E-state index contributed by atoms with van der Waals surface area (Å²) in [7, 11) is 0. The molecule has 0 aliphatic carbocycles. The Hall–Kier alpha value is -2.11. The minimum absolute atomic E-state index is 0.0769. The normalized spacial score (nSPS) is 19.8. The Balaban J connectivity index is 1.68. The number of hydrogen-bond donors (Lipinski definition) is 0. The summed E-state index contributed by atoms with van der Waals surface area (Å²) in [6.07, 6.45) is 2.17. The predicted molar refractivity (Wildman–Crippen MR) is 79.0 cm³/mol. The molecular weight excluding hydrogens is 284 g/mol. The van der Waals surface area contributed by atoms with Crippen molar-refractivity contribution < 1.29 is 19.1 Å². The van der Waals surface area contributed by atoms with Crippen molar-refractivity contribution in [2.45, 2.75) is 44.8 Å². The molecule has 3 rings (SSSR count). The number of amides is 1. The molecule has 22 heavy (non-hydrogen) atoms. The van der Waals surface area contributed by atoms with Gasteiger partial charge >= 0.3 is 6.09 Å². The van der Waals surface area contributed by atoms with Gasteiger partial charge in [-0.3, -0.25) is 4.79 Å². The smallest absolute Gasteiger partial charge is 0.410 e. The molecule has 0 aromatic carbocycles. The highest BCUT2D eigenvalue weighted by atomic mass is 16.6. The van der Waals surface area contributed by atoms with Crippen LogP contribution in [0.3, 0.4) is 0 Å². The van der Waals surface area contributed by atoms with Crippen LogP contribution >= 0.6 is 0 Å². The maximum Gasteiger partial charge on any atom is 0.410 e. The van der Waals surface area contributed by atoms with Crippen LogP contribution in [0.1, 0.15) is 44.1 Å². The van der Waals surface area contributed by atoms with Crippen molar-refractivity contribution in [2.24, 2.45) is 0 Å². The van der Waals surface area contributed by atoms with E-state index in [4.69, 9.17) is 9.47 Å². The van der Waals surface area contributed by atoms with Gasteiger partial charge in [0.15, 0.2) is 11.3 Å². The number of aromatic nitrogens is 1. The second-order valence-corrected chi connectivity index (χ2v) is 6.74. The van der Waals surface area contributed by atoms with E-state index in [2.05, 4.69) is 4.98 Å². The van der Waals surface area contributed by atoms with Gasteiger partial charge in [-0.25, -0.2) is 9.78 Å². The zero-order valence-electron chi connectivity index (χ0n) is 13.1. The first-order valence-corrected chi connectivity index (χ1v) is 7.48. The first-order valence-electron chi connectivity index (χ1n) is 7.48. The van der Waals surface area contributed by atoms with Gasteiger partial charge in [-0.15, -0.1) is 0 Å². The average Bonchev–Trinajstić information content (AvgIpc) is 2.71. The SMILES string of the molecule is CC(C)(C)OC(=O)N1CCC2(CC1)Oc1cccnc1C2=O. The molecule has 1 amide bonds. The van der Waals surface area contributed by atoms with Crippen molar-refractivity contribution in [1.82, 2.24) is 9.88 Å². The van der Waals surface area contributed by atoms with Crippen LogP contribution < -0.4 is 4.74 Å². The van der Waals surface area contributed by atoms with Crippen molar-refractivity contribution in [3.05, 3.63) is 24.0 Å². The zero-order chi connectivity index (χ0) is 16.0. The Morgan fingerprint density at radius 3 is 2.64 bits per heavy atom. The number of pyridine rings is 1. The molecule has 0 N–H and O–H groups in total. The summed E-state index contributed by atoms with van der Waals surface area (Å²) in [5.41, 5.74) is -0.991. The third-order valence-electron chi connectivity index (χ3n) is 3.93. The molecule has 0 unspecified atom stereocenters. The molecule has 1 aromatic rings. The number of piperidine rings is 1. The van der Waals surface area contributed by atoms with Crippen LogP contribution in [0.2, 0.25) is 0 Å². The summed E-state index contributed by atoms with van der Waals surface area (Å²) in [5.74, 6) is 0.463. The quantitative estimate of drug-likeness (QED) is 0.736. The molecule has 0 radical (unpaired) electrons. The fraction of sp³-hybridized carbons (Fsp3) is 0.562. The highest BCUT2D eigenvalue weighted by Gasteiger charge is 2.51. The number of nitrogens with zero attached hydrogens (tertiary/aromatic N) is 2. The Morgan fingerprint density at radius 2 is 2.05 bits per heavy atom. The van der Waals surface area contributed by atoms with E-state index in [0.29, 0.717) is 37.4 Å². The first kappa shape index (κ1) is 14.8. The average molecular weight is 304 g/mol. The van der Waals surface area contributed by atoms with Crippen molar-refractivity contribution in [2.75, 3.05) is 13.1 Å². The van der Waals surface area contributed by atoms with E-state index in [-0.39, 0.29) is 11.9 Å².